The summed E-state index contributed by atoms with van der Waals surface area (Å²) in [6.07, 6.45) is 1.74. The van der Waals surface area contributed by atoms with E-state index in [1.54, 1.807) is 13.1 Å². The number of nitrogens with zero attached hydrogens (tertiary/aromatic N) is 1. The Hall–Kier alpha value is -1.79. The zero-order valence-corrected chi connectivity index (χ0v) is 12.9. The first-order valence-electron chi connectivity index (χ1n) is 6.78. The lowest BCUT2D eigenvalue weighted by Gasteiger charge is -2.11. The number of rotatable bonds is 6. The van der Waals surface area contributed by atoms with E-state index in [0.717, 1.165) is 23.1 Å². The Bertz CT molecular complexity index is 555. The predicted molar refractivity (Wildman–Crippen MR) is 84.2 cm³/mol. The van der Waals surface area contributed by atoms with Gasteiger partial charge in [-0.05, 0) is 49.5 Å². The quantitative estimate of drug-likeness (QED) is 0.818. The molecule has 1 aliphatic heterocycles. The van der Waals surface area contributed by atoms with Gasteiger partial charge in [0.15, 0.2) is 0 Å². The second kappa shape index (κ2) is 7.28. The first-order valence-corrected chi connectivity index (χ1v) is 7.60. The summed E-state index contributed by atoms with van der Waals surface area (Å²) in [5.74, 6) is 0.561. The Kier molecular flexibility index (Phi) is 5.41. The average Bonchev–Trinajstić information content (AvgIpc) is 2.74. The van der Waals surface area contributed by atoms with E-state index in [4.69, 9.17) is 4.74 Å². The monoisotopic (exact) mass is 306 g/mol. The van der Waals surface area contributed by atoms with Crippen LogP contribution in [0.15, 0.2) is 29.2 Å². The predicted octanol–water partition coefficient (Wildman–Crippen LogP) is 2.34. The number of carbonyl (C=O) groups is 2. The van der Waals surface area contributed by atoms with Gasteiger partial charge in [-0.2, -0.15) is 0 Å². The zero-order chi connectivity index (χ0) is 15.2. The topological polar surface area (TPSA) is 58.6 Å². The summed E-state index contributed by atoms with van der Waals surface area (Å²) in [6, 6.07) is 7.43. The molecule has 1 saturated heterocycles. The van der Waals surface area contributed by atoms with E-state index in [0.29, 0.717) is 24.6 Å². The molecule has 1 aliphatic rings. The molecule has 0 saturated carbocycles. The van der Waals surface area contributed by atoms with Gasteiger partial charge in [-0.3, -0.25) is 14.5 Å². The van der Waals surface area contributed by atoms with Crippen LogP contribution in [0.4, 0.5) is 4.79 Å². The van der Waals surface area contributed by atoms with E-state index in [-0.39, 0.29) is 11.1 Å². The van der Waals surface area contributed by atoms with Crippen LogP contribution in [0.25, 0.3) is 6.08 Å². The molecule has 1 aromatic carbocycles. The van der Waals surface area contributed by atoms with Crippen LogP contribution in [0.1, 0.15) is 12.5 Å². The van der Waals surface area contributed by atoms with Crippen LogP contribution in [0.5, 0.6) is 5.75 Å². The molecular weight excluding hydrogens is 288 g/mol. The van der Waals surface area contributed by atoms with Gasteiger partial charge in [0.05, 0.1) is 11.5 Å². The number of thioether (sulfide) groups is 1. The second-order valence-corrected chi connectivity index (χ2v) is 5.43. The largest absolute Gasteiger partial charge is 0.494 e. The fraction of sp³-hybridized carbons (Fsp3) is 0.333. The molecule has 2 amide bonds. The fourth-order valence-electron chi connectivity index (χ4n) is 1.89. The molecular formula is C15H18N2O3S. The van der Waals surface area contributed by atoms with Gasteiger partial charge in [0.2, 0.25) is 0 Å². The first-order chi connectivity index (χ1) is 10.2. The maximum Gasteiger partial charge on any atom is 0.293 e. The molecule has 1 fully saturated rings. The molecule has 0 radical (unpaired) electrons. The van der Waals surface area contributed by atoms with Crippen molar-refractivity contribution in [3.63, 3.8) is 0 Å². The molecule has 21 heavy (non-hydrogen) atoms. The van der Waals surface area contributed by atoms with Crippen LogP contribution in [0, 0.1) is 0 Å². The van der Waals surface area contributed by atoms with Crippen molar-refractivity contribution in [3.05, 3.63) is 34.7 Å². The third-order valence-electron chi connectivity index (χ3n) is 2.95. The van der Waals surface area contributed by atoms with Crippen molar-refractivity contribution in [2.24, 2.45) is 0 Å². The lowest BCUT2D eigenvalue weighted by Crippen LogP contribution is -2.34. The summed E-state index contributed by atoms with van der Waals surface area (Å²) in [7, 11) is 1.79. The van der Waals surface area contributed by atoms with Crippen molar-refractivity contribution in [3.8, 4) is 5.75 Å². The Morgan fingerprint density at radius 3 is 2.62 bits per heavy atom. The highest BCUT2D eigenvalue weighted by Gasteiger charge is 2.34. The number of ether oxygens (including phenoxy) is 1. The van der Waals surface area contributed by atoms with Gasteiger partial charge in [0, 0.05) is 13.1 Å². The number of benzene rings is 1. The van der Waals surface area contributed by atoms with Gasteiger partial charge in [0.25, 0.3) is 11.1 Å². The number of carbonyl (C=O) groups excluding carboxylic acids is 2. The lowest BCUT2D eigenvalue weighted by atomic mass is 10.2. The molecule has 0 aliphatic carbocycles. The summed E-state index contributed by atoms with van der Waals surface area (Å²) >= 11 is 0.981. The summed E-state index contributed by atoms with van der Waals surface area (Å²) < 4.78 is 5.37. The highest BCUT2D eigenvalue weighted by Crippen LogP contribution is 2.32. The maximum atomic E-state index is 12.2. The summed E-state index contributed by atoms with van der Waals surface area (Å²) in [6.45, 7) is 3.52. The molecule has 0 atom stereocenters. The first kappa shape index (κ1) is 15.6. The van der Waals surface area contributed by atoms with E-state index in [1.165, 1.54) is 4.90 Å². The van der Waals surface area contributed by atoms with Crippen molar-refractivity contribution in [2.45, 2.75) is 6.92 Å². The smallest absolute Gasteiger partial charge is 0.293 e. The summed E-state index contributed by atoms with van der Waals surface area (Å²) in [5.41, 5.74) is 0.873. The Morgan fingerprint density at radius 1 is 1.29 bits per heavy atom. The number of imide groups is 1. The van der Waals surface area contributed by atoms with Crippen LogP contribution in [0.3, 0.4) is 0 Å². The van der Waals surface area contributed by atoms with Gasteiger partial charge >= 0.3 is 0 Å². The molecule has 0 bridgehead atoms. The molecule has 1 heterocycles. The highest BCUT2D eigenvalue weighted by molar-refractivity contribution is 8.18. The van der Waals surface area contributed by atoms with E-state index in [9.17, 15) is 9.59 Å². The molecule has 1 aromatic rings. The molecule has 0 aromatic heterocycles. The van der Waals surface area contributed by atoms with E-state index in [2.05, 4.69) is 5.32 Å². The van der Waals surface area contributed by atoms with Crippen LogP contribution >= 0.6 is 11.8 Å². The summed E-state index contributed by atoms with van der Waals surface area (Å²) in [4.78, 5) is 25.7. The molecule has 6 heteroatoms. The van der Waals surface area contributed by atoms with E-state index in [1.807, 2.05) is 31.2 Å². The molecule has 1 N–H and O–H groups in total. The van der Waals surface area contributed by atoms with E-state index < -0.39 is 0 Å². The standard InChI is InChI=1S/C15H18N2O3S/c1-3-20-12-6-4-11(5-7-12)10-13-14(18)17(9-8-16-2)15(19)21-13/h4-7,10,16H,3,8-9H2,1-2H3/b13-10-. The molecule has 2 rings (SSSR count). The lowest BCUT2D eigenvalue weighted by molar-refractivity contribution is -0.122. The normalized spacial score (nSPS) is 16.9. The minimum Gasteiger partial charge on any atom is -0.494 e. The molecule has 5 nitrogen and oxygen atoms in total. The van der Waals surface area contributed by atoms with Crippen LogP contribution in [-0.2, 0) is 4.79 Å². The number of hydrogen-bond donors (Lipinski definition) is 1. The number of hydrogen-bond acceptors (Lipinski definition) is 5. The van der Waals surface area contributed by atoms with Gasteiger partial charge in [-0.1, -0.05) is 12.1 Å². The SMILES string of the molecule is CCOc1ccc(/C=C2\SC(=O)N(CCNC)C2=O)cc1. The van der Waals surface area contributed by atoms with E-state index >= 15 is 0 Å². The fourth-order valence-corrected chi connectivity index (χ4v) is 2.76. The number of likely N-dealkylation sites (N-methyl/N-ethyl adjacent to an activating group) is 1. The van der Waals surface area contributed by atoms with Gasteiger partial charge in [-0.15, -0.1) is 0 Å². The molecule has 0 spiro atoms. The van der Waals surface area contributed by atoms with Crippen molar-refractivity contribution in [1.29, 1.82) is 0 Å². The minimum absolute atomic E-state index is 0.215. The van der Waals surface area contributed by atoms with Crippen molar-refractivity contribution < 1.29 is 14.3 Å². The van der Waals surface area contributed by atoms with Crippen LogP contribution in [0.2, 0.25) is 0 Å². The summed E-state index contributed by atoms with van der Waals surface area (Å²) in [5, 5.41) is 2.71. The minimum atomic E-state index is -0.228. The Balaban J connectivity index is 2.10. The molecule has 112 valence electrons. The molecule has 0 unspecified atom stereocenters. The average molecular weight is 306 g/mol. The van der Waals surface area contributed by atoms with Crippen molar-refractivity contribution in [1.82, 2.24) is 10.2 Å². The third-order valence-corrected chi connectivity index (χ3v) is 3.86. The van der Waals surface area contributed by atoms with Crippen molar-refractivity contribution >= 4 is 29.0 Å². The number of amides is 2. The van der Waals surface area contributed by atoms with Crippen LogP contribution in [-0.4, -0.2) is 42.8 Å². The zero-order valence-electron chi connectivity index (χ0n) is 12.1. The van der Waals surface area contributed by atoms with Gasteiger partial charge in [-0.25, -0.2) is 0 Å². The van der Waals surface area contributed by atoms with Crippen molar-refractivity contribution in [2.75, 3.05) is 26.7 Å². The Morgan fingerprint density at radius 2 is 2.00 bits per heavy atom. The second-order valence-electron chi connectivity index (χ2n) is 4.44. The van der Waals surface area contributed by atoms with Gasteiger partial charge < -0.3 is 10.1 Å². The number of nitrogens with one attached hydrogen (secondary N) is 1. The maximum absolute atomic E-state index is 12.2. The third kappa shape index (κ3) is 3.86. The highest BCUT2D eigenvalue weighted by atomic mass is 32.2. The van der Waals surface area contributed by atoms with Gasteiger partial charge in [0.1, 0.15) is 5.75 Å². The van der Waals surface area contributed by atoms with Crippen LogP contribution < -0.4 is 10.1 Å². The Labute approximate surface area is 128 Å².